The molecule has 1 aromatic carbocycles. The number of hydrogen-bond acceptors (Lipinski definition) is 5. The summed E-state index contributed by atoms with van der Waals surface area (Å²) in [6.45, 7) is 0.254. The van der Waals surface area contributed by atoms with Crippen LogP contribution >= 0.6 is 27.3 Å². The minimum atomic E-state index is 0.254. The van der Waals surface area contributed by atoms with Gasteiger partial charge in [-0.2, -0.15) is 5.10 Å². The molecule has 0 saturated heterocycles. The smallest absolute Gasteiger partial charge is 0.231 e. The molecule has 21 heavy (non-hydrogen) atoms. The summed E-state index contributed by atoms with van der Waals surface area (Å²) in [4.78, 5) is 0. The lowest BCUT2D eigenvalue weighted by molar-refractivity contribution is 0.174. The average Bonchev–Trinajstić information content (AvgIpc) is 3.17. The Balaban J connectivity index is 1.87. The fraction of sp³-hybridized carbons (Fsp3) is 0.0714. The topological polar surface area (TPSA) is 73.2 Å². The average molecular weight is 364 g/mol. The molecule has 1 aliphatic heterocycles. The van der Waals surface area contributed by atoms with Gasteiger partial charge in [0.2, 0.25) is 6.79 Å². The van der Waals surface area contributed by atoms with E-state index < -0.39 is 0 Å². The van der Waals surface area contributed by atoms with Gasteiger partial charge in [0.15, 0.2) is 17.3 Å². The summed E-state index contributed by atoms with van der Waals surface area (Å²) in [5.74, 6) is 1.94. The Morgan fingerprint density at radius 1 is 1.19 bits per heavy atom. The van der Waals surface area contributed by atoms with Crippen molar-refractivity contribution in [2.75, 3.05) is 12.5 Å². The van der Waals surface area contributed by atoms with E-state index in [2.05, 4.69) is 26.1 Å². The second kappa shape index (κ2) is 4.78. The number of aromatic nitrogens is 2. The van der Waals surface area contributed by atoms with Gasteiger partial charge >= 0.3 is 0 Å². The molecule has 106 valence electrons. The van der Waals surface area contributed by atoms with Crippen LogP contribution in [0.4, 0.5) is 5.82 Å². The maximum absolute atomic E-state index is 6.04. The van der Waals surface area contributed by atoms with Gasteiger partial charge in [0.1, 0.15) is 0 Å². The molecular weight excluding hydrogens is 354 g/mol. The molecule has 0 fully saturated rings. The molecule has 0 aliphatic carbocycles. The van der Waals surface area contributed by atoms with Gasteiger partial charge in [0.25, 0.3) is 0 Å². The number of fused-ring (bicyclic) bond motifs is 1. The highest BCUT2D eigenvalue weighted by Gasteiger charge is 2.19. The number of rotatable bonds is 2. The van der Waals surface area contributed by atoms with Crippen molar-refractivity contribution < 1.29 is 9.47 Å². The molecule has 0 unspecified atom stereocenters. The summed E-state index contributed by atoms with van der Waals surface area (Å²) in [6.07, 6.45) is 0. The summed E-state index contributed by atoms with van der Waals surface area (Å²) in [5.41, 5.74) is 9.80. The molecule has 0 radical (unpaired) electrons. The SMILES string of the molecule is Nc1n[nH]c(-c2csc(Br)c2)c1-c1ccc2c(c1)OCO2. The quantitative estimate of drug-likeness (QED) is 0.724. The third-order valence-corrected chi connectivity index (χ3v) is 4.82. The first-order valence-corrected chi connectivity index (χ1v) is 7.88. The van der Waals surface area contributed by atoms with Crippen LogP contribution in [0, 0.1) is 0 Å². The number of anilines is 1. The van der Waals surface area contributed by atoms with Gasteiger partial charge in [-0.05, 0) is 39.7 Å². The number of benzene rings is 1. The molecule has 0 amide bonds. The van der Waals surface area contributed by atoms with Gasteiger partial charge in [-0.15, -0.1) is 11.3 Å². The van der Waals surface area contributed by atoms with Crippen LogP contribution in [0.2, 0.25) is 0 Å². The van der Waals surface area contributed by atoms with Crippen molar-refractivity contribution in [3.8, 4) is 33.9 Å². The van der Waals surface area contributed by atoms with Gasteiger partial charge < -0.3 is 15.2 Å². The molecule has 0 bridgehead atoms. The first-order chi connectivity index (χ1) is 10.2. The molecule has 3 heterocycles. The first-order valence-electron chi connectivity index (χ1n) is 6.20. The van der Waals surface area contributed by atoms with Gasteiger partial charge in [-0.1, -0.05) is 6.07 Å². The van der Waals surface area contributed by atoms with Crippen molar-refractivity contribution in [1.29, 1.82) is 0 Å². The molecule has 7 heteroatoms. The van der Waals surface area contributed by atoms with Crippen LogP contribution in [0.1, 0.15) is 0 Å². The van der Waals surface area contributed by atoms with E-state index in [1.54, 1.807) is 11.3 Å². The molecule has 2 aromatic heterocycles. The Labute approximate surface area is 132 Å². The highest BCUT2D eigenvalue weighted by molar-refractivity contribution is 9.11. The highest BCUT2D eigenvalue weighted by Crippen LogP contribution is 2.41. The van der Waals surface area contributed by atoms with Crippen molar-refractivity contribution in [3.05, 3.63) is 33.4 Å². The third kappa shape index (κ3) is 2.09. The number of halogens is 1. The Hall–Kier alpha value is -1.99. The Morgan fingerprint density at radius 2 is 2.05 bits per heavy atom. The summed E-state index contributed by atoms with van der Waals surface area (Å²) in [6, 6.07) is 7.81. The molecule has 1 aliphatic rings. The van der Waals surface area contributed by atoms with Gasteiger partial charge in [0, 0.05) is 10.9 Å². The molecular formula is C14H10BrN3O2S. The zero-order valence-electron chi connectivity index (χ0n) is 10.7. The number of hydrogen-bond donors (Lipinski definition) is 2. The van der Waals surface area contributed by atoms with Crippen LogP contribution in [0.15, 0.2) is 33.4 Å². The van der Waals surface area contributed by atoms with Crippen LogP contribution in [0.5, 0.6) is 11.5 Å². The van der Waals surface area contributed by atoms with Gasteiger partial charge in [-0.3, -0.25) is 5.10 Å². The number of nitrogens with two attached hydrogens (primary N) is 1. The summed E-state index contributed by atoms with van der Waals surface area (Å²) >= 11 is 5.09. The Kier molecular flexibility index (Phi) is 2.90. The van der Waals surface area contributed by atoms with Crippen molar-refractivity contribution in [1.82, 2.24) is 10.2 Å². The summed E-state index contributed by atoms with van der Waals surface area (Å²) in [7, 11) is 0. The molecule has 0 saturated carbocycles. The Morgan fingerprint density at radius 3 is 2.86 bits per heavy atom. The number of H-pyrrole nitrogens is 1. The second-order valence-corrected chi connectivity index (χ2v) is 6.86. The van der Waals surface area contributed by atoms with E-state index in [1.807, 2.05) is 29.6 Å². The van der Waals surface area contributed by atoms with Crippen LogP contribution in [-0.2, 0) is 0 Å². The molecule has 0 spiro atoms. The van der Waals surface area contributed by atoms with Crippen LogP contribution in [0.25, 0.3) is 22.4 Å². The number of aromatic amines is 1. The number of nitrogens with zero attached hydrogens (tertiary/aromatic N) is 1. The van der Waals surface area contributed by atoms with E-state index in [0.717, 1.165) is 37.7 Å². The van der Waals surface area contributed by atoms with E-state index in [0.29, 0.717) is 5.82 Å². The van der Waals surface area contributed by atoms with Crippen LogP contribution in [-0.4, -0.2) is 17.0 Å². The normalized spacial score (nSPS) is 12.8. The monoisotopic (exact) mass is 363 g/mol. The predicted molar refractivity (Wildman–Crippen MR) is 85.6 cm³/mol. The van der Waals surface area contributed by atoms with Crippen molar-refractivity contribution >= 4 is 33.1 Å². The lowest BCUT2D eigenvalue weighted by Crippen LogP contribution is -1.93. The molecule has 3 aromatic rings. The zero-order chi connectivity index (χ0) is 14.4. The lowest BCUT2D eigenvalue weighted by atomic mass is 10.0. The van der Waals surface area contributed by atoms with Gasteiger partial charge in [-0.25, -0.2) is 0 Å². The molecule has 0 atom stereocenters. The van der Waals surface area contributed by atoms with Crippen molar-refractivity contribution in [2.45, 2.75) is 0 Å². The fourth-order valence-electron chi connectivity index (χ4n) is 2.35. The number of nitrogen functional groups attached to an aromatic ring is 1. The van der Waals surface area contributed by atoms with Crippen LogP contribution in [0.3, 0.4) is 0 Å². The largest absolute Gasteiger partial charge is 0.454 e. The highest BCUT2D eigenvalue weighted by atomic mass is 79.9. The number of ether oxygens (including phenoxy) is 2. The predicted octanol–water partition coefficient (Wildman–Crippen LogP) is 3.88. The number of thiophene rings is 1. The van der Waals surface area contributed by atoms with E-state index in [-0.39, 0.29) is 6.79 Å². The molecule has 5 nitrogen and oxygen atoms in total. The lowest BCUT2D eigenvalue weighted by Gasteiger charge is -2.04. The Bertz CT molecular complexity index is 827. The molecule has 3 N–H and O–H groups in total. The number of nitrogens with one attached hydrogen (secondary N) is 1. The maximum Gasteiger partial charge on any atom is 0.231 e. The van der Waals surface area contributed by atoms with Crippen molar-refractivity contribution in [3.63, 3.8) is 0 Å². The maximum atomic E-state index is 6.04. The van der Waals surface area contributed by atoms with E-state index in [1.165, 1.54) is 0 Å². The summed E-state index contributed by atoms with van der Waals surface area (Å²) < 4.78 is 11.8. The molecule has 4 rings (SSSR count). The standard InChI is InChI=1S/C14H10BrN3O2S/c15-11-4-8(5-21-11)13-12(14(16)18-17-13)7-1-2-9-10(3-7)20-6-19-9/h1-5H,6H2,(H3,16,17,18). The van der Waals surface area contributed by atoms with Crippen molar-refractivity contribution in [2.24, 2.45) is 0 Å². The van der Waals surface area contributed by atoms with E-state index >= 15 is 0 Å². The summed E-state index contributed by atoms with van der Waals surface area (Å²) in [5, 5.41) is 9.20. The fourth-order valence-corrected chi connectivity index (χ4v) is 3.50. The second-order valence-electron chi connectivity index (χ2n) is 4.57. The minimum absolute atomic E-state index is 0.254. The third-order valence-electron chi connectivity index (χ3n) is 3.31. The minimum Gasteiger partial charge on any atom is -0.454 e. The van der Waals surface area contributed by atoms with E-state index in [9.17, 15) is 0 Å². The van der Waals surface area contributed by atoms with E-state index in [4.69, 9.17) is 15.2 Å². The zero-order valence-corrected chi connectivity index (χ0v) is 13.1. The van der Waals surface area contributed by atoms with Crippen LogP contribution < -0.4 is 15.2 Å². The van der Waals surface area contributed by atoms with Gasteiger partial charge in [0.05, 0.1) is 15.0 Å². The first kappa shape index (κ1) is 12.7.